The largest absolute Gasteiger partial charge is 0.356 e. The van der Waals surface area contributed by atoms with Crippen molar-refractivity contribution in [1.29, 1.82) is 0 Å². The zero-order chi connectivity index (χ0) is 10.6. The number of amides is 1. The number of hydrogen-bond donors (Lipinski definition) is 2. The van der Waals surface area contributed by atoms with Crippen molar-refractivity contribution in [2.75, 3.05) is 13.1 Å². The zero-order valence-electron chi connectivity index (χ0n) is 9.47. The van der Waals surface area contributed by atoms with Gasteiger partial charge in [0.2, 0.25) is 5.91 Å². The van der Waals surface area contributed by atoms with E-state index in [0.29, 0.717) is 12.0 Å². The van der Waals surface area contributed by atoms with Crippen LogP contribution in [0.2, 0.25) is 0 Å². The molecule has 3 atom stereocenters. The Morgan fingerprint density at radius 3 is 2.86 bits per heavy atom. The molecule has 3 unspecified atom stereocenters. The predicted molar refractivity (Wildman–Crippen MR) is 58.0 cm³/mol. The van der Waals surface area contributed by atoms with E-state index in [1.807, 2.05) is 0 Å². The highest BCUT2D eigenvalue weighted by atomic mass is 16.1. The van der Waals surface area contributed by atoms with Crippen LogP contribution in [0.15, 0.2) is 0 Å². The summed E-state index contributed by atoms with van der Waals surface area (Å²) in [6, 6.07) is 0.340. The molecule has 3 heteroatoms. The molecule has 3 nitrogen and oxygen atoms in total. The van der Waals surface area contributed by atoms with Crippen LogP contribution >= 0.6 is 0 Å². The summed E-state index contributed by atoms with van der Waals surface area (Å²) in [5.74, 6) is 0.991. The van der Waals surface area contributed by atoms with Gasteiger partial charge in [0.1, 0.15) is 0 Å². The lowest BCUT2D eigenvalue weighted by Gasteiger charge is -2.16. The highest BCUT2D eigenvalue weighted by Gasteiger charge is 2.28. The van der Waals surface area contributed by atoms with Crippen LogP contribution in [0.25, 0.3) is 0 Å². The average molecular weight is 198 g/mol. The number of carbonyl (C=O) groups excluding carboxylic acids is 1. The summed E-state index contributed by atoms with van der Waals surface area (Å²) in [5, 5.41) is 6.32. The van der Waals surface area contributed by atoms with Crippen molar-refractivity contribution in [3.8, 4) is 0 Å². The fraction of sp³-hybridized carbons (Fsp3) is 0.909. The maximum absolute atomic E-state index is 11.7. The Balaban J connectivity index is 2.27. The first kappa shape index (κ1) is 11.5. The normalized spacial score (nSPS) is 28.8. The summed E-state index contributed by atoms with van der Waals surface area (Å²) in [6.45, 7) is 8.19. The lowest BCUT2D eigenvalue weighted by molar-refractivity contribution is -0.125. The summed E-state index contributed by atoms with van der Waals surface area (Å²) in [6.07, 6.45) is 2.10. The Kier molecular flexibility index (Phi) is 4.39. The minimum Gasteiger partial charge on any atom is -0.356 e. The smallest absolute Gasteiger partial charge is 0.224 e. The van der Waals surface area contributed by atoms with E-state index in [1.54, 1.807) is 0 Å². The van der Waals surface area contributed by atoms with E-state index in [0.717, 1.165) is 25.9 Å². The van der Waals surface area contributed by atoms with Gasteiger partial charge in [0, 0.05) is 12.6 Å². The van der Waals surface area contributed by atoms with E-state index in [-0.39, 0.29) is 11.8 Å². The lowest BCUT2D eigenvalue weighted by Crippen LogP contribution is -2.38. The fourth-order valence-corrected chi connectivity index (χ4v) is 1.77. The zero-order valence-corrected chi connectivity index (χ0v) is 9.47. The molecule has 0 radical (unpaired) electrons. The minimum absolute atomic E-state index is 0.180. The summed E-state index contributed by atoms with van der Waals surface area (Å²) in [4.78, 5) is 11.7. The summed E-state index contributed by atoms with van der Waals surface area (Å²) in [5.41, 5.74) is 0. The van der Waals surface area contributed by atoms with E-state index >= 15 is 0 Å². The molecular formula is C11H22N2O. The molecule has 0 bridgehead atoms. The van der Waals surface area contributed by atoms with E-state index in [2.05, 4.69) is 31.4 Å². The fourth-order valence-electron chi connectivity index (χ4n) is 1.77. The van der Waals surface area contributed by atoms with Crippen molar-refractivity contribution in [3.63, 3.8) is 0 Å². The van der Waals surface area contributed by atoms with E-state index in [9.17, 15) is 4.79 Å². The van der Waals surface area contributed by atoms with Gasteiger partial charge in [-0.2, -0.15) is 0 Å². The third kappa shape index (κ3) is 2.98. The summed E-state index contributed by atoms with van der Waals surface area (Å²) in [7, 11) is 0. The number of rotatable bonds is 4. The van der Waals surface area contributed by atoms with E-state index in [1.165, 1.54) is 0 Å². The van der Waals surface area contributed by atoms with E-state index < -0.39 is 0 Å². The van der Waals surface area contributed by atoms with Crippen LogP contribution in [0.1, 0.15) is 33.6 Å². The van der Waals surface area contributed by atoms with Gasteiger partial charge < -0.3 is 10.6 Å². The quantitative estimate of drug-likeness (QED) is 0.711. The topological polar surface area (TPSA) is 41.1 Å². The number of hydrogen-bond acceptors (Lipinski definition) is 2. The van der Waals surface area contributed by atoms with E-state index in [4.69, 9.17) is 0 Å². The van der Waals surface area contributed by atoms with Crippen molar-refractivity contribution in [2.24, 2.45) is 11.8 Å². The Morgan fingerprint density at radius 2 is 2.36 bits per heavy atom. The molecule has 1 rings (SSSR count). The van der Waals surface area contributed by atoms with Gasteiger partial charge in [-0.3, -0.25) is 4.79 Å². The highest BCUT2D eigenvalue weighted by molar-refractivity contribution is 5.79. The molecule has 0 saturated carbocycles. The molecule has 1 saturated heterocycles. The van der Waals surface area contributed by atoms with Crippen molar-refractivity contribution in [3.05, 3.63) is 0 Å². The van der Waals surface area contributed by atoms with Crippen molar-refractivity contribution in [1.82, 2.24) is 10.6 Å². The van der Waals surface area contributed by atoms with Crippen LogP contribution in [-0.2, 0) is 4.79 Å². The first-order valence-corrected chi connectivity index (χ1v) is 5.66. The number of nitrogens with one attached hydrogen (secondary N) is 2. The van der Waals surface area contributed by atoms with Gasteiger partial charge in [0.05, 0.1) is 5.92 Å². The van der Waals surface area contributed by atoms with Gasteiger partial charge in [-0.05, 0) is 25.8 Å². The Hall–Kier alpha value is -0.570. The molecule has 1 aliphatic rings. The minimum atomic E-state index is 0.180. The van der Waals surface area contributed by atoms with Crippen molar-refractivity contribution >= 4 is 5.91 Å². The van der Waals surface area contributed by atoms with Crippen LogP contribution in [0.3, 0.4) is 0 Å². The Labute approximate surface area is 86.6 Å². The van der Waals surface area contributed by atoms with Crippen LogP contribution < -0.4 is 10.6 Å². The molecule has 14 heavy (non-hydrogen) atoms. The second-order valence-corrected chi connectivity index (χ2v) is 4.40. The molecule has 0 aromatic carbocycles. The maximum Gasteiger partial charge on any atom is 0.224 e. The molecule has 1 aliphatic heterocycles. The molecule has 2 N–H and O–H groups in total. The molecule has 0 aromatic heterocycles. The van der Waals surface area contributed by atoms with Gasteiger partial charge in [-0.1, -0.05) is 20.3 Å². The third-order valence-electron chi connectivity index (χ3n) is 3.18. The van der Waals surface area contributed by atoms with Gasteiger partial charge in [-0.25, -0.2) is 0 Å². The molecule has 0 spiro atoms. The molecule has 0 aliphatic carbocycles. The van der Waals surface area contributed by atoms with Crippen molar-refractivity contribution in [2.45, 2.75) is 39.7 Å². The van der Waals surface area contributed by atoms with Gasteiger partial charge >= 0.3 is 0 Å². The predicted octanol–water partition coefficient (Wildman–Crippen LogP) is 1.15. The molecule has 1 fully saturated rings. The second kappa shape index (κ2) is 5.35. The summed E-state index contributed by atoms with van der Waals surface area (Å²) >= 11 is 0. The second-order valence-electron chi connectivity index (χ2n) is 4.40. The third-order valence-corrected chi connectivity index (χ3v) is 3.18. The van der Waals surface area contributed by atoms with Crippen LogP contribution in [-0.4, -0.2) is 25.0 Å². The maximum atomic E-state index is 11.7. The summed E-state index contributed by atoms with van der Waals surface area (Å²) < 4.78 is 0. The van der Waals surface area contributed by atoms with Gasteiger partial charge in [-0.15, -0.1) is 0 Å². The average Bonchev–Trinajstić information content (AvgIpc) is 2.60. The SMILES string of the molecule is CCC(C)CNC(=O)C1CCNC1C. The molecular weight excluding hydrogens is 176 g/mol. The monoisotopic (exact) mass is 198 g/mol. The van der Waals surface area contributed by atoms with Crippen LogP contribution in [0, 0.1) is 11.8 Å². The first-order valence-electron chi connectivity index (χ1n) is 5.66. The first-order chi connectivity index (χ1) is 6.65. The highest BCUT2D eigenvalue weighted by Crippen LogP contribution is 2.15. The molecule has 1 amide bonds. The van der Waals surface area contributed by atoms with Crippen LogP contribution in [0.5, 0.6) is 0 Å². The Bertz CT molecular complexity index is 194. The van der Waals surface area contributed by atoms with Crippen LogP contribution in [0.4, 0.5) is 0 Å². The molecule has 1 heterocycles. The van der Waals surface area contributed by atoms with Crippen molar-refractivity contribution < 1.29 is 4.79 Å². The Morgan fingerprint density at radius 1 is 1.64 bits per heavy atom. The molecule has 82 valence electrons. The van der Waals surface area contributed by atoms with Gasteiger partial charge in [0.25, 0.3) is 0 Å². The molecule has 0 aromatic rings. The lowest BCUT2D eigenvalue weighted by atomic mass is 10.0. The number of carbonyl (C=O) groups is 1. The standard InChI is InChI=1S/C11H22N2O/c1-4-8(2)7-13-11(14)10-5-6-12-9(10)3/h8-10,12H,4-7H2,1-3H3,(H,13,14). The van der Waals surface area contributed by atoms with Gasteiger partial charge in [0.15, 0.2) is 0 Å².